The molecule has 210 valence electrons. The number of imide groups is 1. The van der Waals surface area contributed by atoms with Crippen molar-refractivity contribution in [1.82, 2.24) is 0 Å². The van der Waals surface area contributed by atoms with Gasteiger partial charge in [0.15, 0.2) is 0 Å². The van der Waals surface area contributed by atoms with Crippen molar-refractivity contribution in [2.45, 2.75) is 36.6 Å². The molecule has 2 N–H and O–H groups in total. The number of amides is 2. The summed E-state index contributed by atoms with van der Waals surface area (Å²) in [4.78, 5) is 29.3. The van der Waals surface area contributed by atoms with Crippen LogP contribution in [0.1, 0.15) is 25.7 Å². The van der Waals surface area contributed by atoms with Crippen LogP contribution in [0.15, 0.2) is 71.6 Å². The van der Waals surface area contributed by atoms with Crippen LogP contribution in [0.2, 0.25) is 0 Å². The molecule has 2 heterocycles. The van der Waals surface area contributed by atoms with Gasteiger partial charge in [0.2, 0.25) is 5.91 Å². The second-order valence-corrected chi connectivity index (χ2v) is 11.4. The zero-order valence-corrected chi connectivity index (χ0v) is 23.2. The fourth-order valence-corrected chi connectivity index (χ4v) is 6.42. The van der Waals surface area contributed by atoms with Gasteiger partial charge in [-0.15, -0.1) is 0 Å². The Kier molecular flexibility index (Phi) is 7.83. The molecule has 2 saturated heterocycles. The van der Waals surface area contributed by atoms with Gasteiger partial charge in [-0.25, -0.2) is 13.3 Å². The largest absolute Gasteiger partial charge is 0.497 e. The van der Waals surface area contributed by atoms with Gasteiger partial charge in [-0.1, -0.05) is 12.1 Å². The second-order valence-electron chi connectivity index (χ2n) is 9.70. The van der Waals surface area contributed by atoms with Crippen LogP contribution in [0.4, 0.5) is 22.7 Å². The van der Waals surface area contributed by atoms with Gasteiger partial charge in [-0.05, 0) is 73.9 Å². The number of hydrogen-bond acceptors (Lipinski definition) is 8. The second kappa shape index (κ2) is 11.5. The lowest BCUT2D eigenvalue weighted by Crippen LogP contribution is -2.35. The van der Waals surface area contributed by atoms with Gasteiger partial charge < -0.3 is 19.7 Å². The number of nitrogens with one attached hydrogen (secondary N) is 2. The molecule has 11 heteroatoms. The van der Waals surface area contributed by atoms with Crippen LogP contribution >= 0.6 is 0 Å². The average Bonchev–Trinajstić information content (AvgIpc) is 3.25. The fourth-order valence-electron chi connectivity index (χ4n) is 5.09. The number of sulfonamides is 1. The Morgan fingerprint density at radius 2 is 1.60 bits per heavy atom. The molecule has 2 fully saturated rings. The van der Waals surface area contributed by atoms with E-state index < -0.39 is 22.0 Å². The normalized spacial score (nSPS) is 17.6. The van der Waals surface area contributed by atoms with Crippen molar-refractivity contribution in [1.29, 1.82) is 0 Å². The number of nitrogens with zero attached hydrogens (tertiary/aromatic N) is 2. The summed E-state index contributed by atoms with van der Waals surface area (Å²) in [6.07, 6.45) is 2.99. The van der Waals surface area contributed by atoms with E-state index in [1.807, 2.05) is 0 Å². The van der Waals surface area contributed by atoms with Gasteiger partial charge in [-0.2, -0.15) is 0 Å². The summed E-state index contributed by atoms with van der Waals surface area (Å²) < 4.78 is 40.7. The topological polar surface area (TPSA) is 117 Å². The van der Waals surface area contributed by atoms with Crippen LogP contribution in [0, 0.1) is 0 Å². The number of hydrogen-bond donors (Lipinski definition) is 2. The van der Waals surface area contributed by atoms with E-state index in [0.29, 0.717) is 34.2 Å². The minimum atomic E-state index is -4.05. The SMILES string of the molecule is COc1ccc(N2C(=O)C[C@H](Nc3ccc(N4CCCCC4)c(S(=O)(=O)Nc4ccccc4OC)c3)C2=O)cc1. The van der Waals surface area contributed by atoms with Crippen molar-refractivity contribution in [2.75, 3.05) is 47.1 Å². The van der Waals surface area contributed by atoms with E-state index in [1.54, 1.807) is 60.7 Å². The number of carbonyl (C=O) groups is 2. The van der Waals surface area contributed by atoms with E-state index in [1.165, 1.54) is 20.3 Å². The van der Waals surface area contributed by atoms with Gasteiger partial charge in [0.05, 0.1) is 37.7 Å². The molecule has 2 amide bonds. The smallest absolute Gasteiger partial charge is 0.264 e. The first-order valence-corrected chi connectivity index (χ1v) is 14.6. The van der Waals surface area contributed by atoms with Gasteiger partial charge in [-0.3, -0.25) is 14.3 Å². The predicted octanol–water partition coefficient (Wildman–Crippen LogP) is 4.24. The number of para-hydroxylation sites is 2. The summed E-state index contributed by atoms with van der Waals surface area (Å²) in [6.45, 7) is 1.49. The first kappa shape index (κ1) is 27.3. The molecule has 0 aromatic heterocycles. The number of methoxy groups -OCH3 is 2. The first-order chi connectivity index (χ1) is 19.3. The number of rotatable bonds is 9. The van der Waals surface area contributed by atoms with Crippen molar-refractivity contribution in [3.8, 4) is 11.5 Å². The van der Waals surface area contributed by atoms with E-state index >= 15 is 0 Å². The molecule has 0 spiro atoms. The molecular weight excluding hydrogens is 532 g/mol. The van der Waals surface area contributed by atoms with Crippen LogP contribution in [-0.4, -0.2) is 53.6 Å². The Morgan fingerprint density at radius 3 is 2.30 bits per heavy atom. The van der Waals surface area contributed by atoms with Crippen molar-refractivity contribution >= 4 is 44.6 Å². The highest BCUT2D eigenvalue weighted by atomic mass is 32.2. The Bertz CT molecular complexity index is 1500. The zero-order valence-electron chi connectivity index (χ0n) is 22.4. The summed E-state index contributed by atoms with van der Waals surface area (Å²) >= 11 is 0. The molecule has 1 atom stereocenters. The van der Waals surface area contributed by atoms with E-state index in [0.717, 1.165) is 37.3 Å². The Hall–Kier alpha value is -4.25. The van der Waals surface area contributed by atoms with Gasteiger partial charge in [0, 0.05) is 18.8 Å². The minimum Gasteiger partial charge on any atom is -0.497 e. The van der Waals surface area contributed by atoms with Crippen LogP contribution in [-0.2, 0) is 19.6 Å². The van der Waals surface area contributed by atoms with E-state index in [-0.39, 0.29) is 17.2 Å². The van der Waals surface area contributed by atoms with E-state index in [4.69, 9.17) is 9.47 Å². The van der Waals surface area contributed by atoms with Gasteiger partial charge >= 0.3 is 0 Å². The first-order valence-electron chi connectivity index (χ1n) is 13.1. The van der Waals surface area contributed by atoms with Crippen LogP contribution < -0.4 is 29.3 Å². The maximum absolute atomic E-state index is 13.8. The highest BCUT2D eigenvalue weighted by Gasteiger charge is 2.40. The maximum atomic E-state index is 13.8. The average molecular weight is 565 g/mol. The molecule has 3 aromatic carbocycles. The zero-order chi connectivity index (χ0) is 28.3. The quantitative estimate of drug-likeness (QED) is 0.371. The van der Waals surface area contributed by atoms with Crippen LogP contribution in [0.5, 0.6) is 11.5 Å². The number of ether oxygens (including phenoxy) is 2. The standard InChI is InChI=1S/C29H32N4O6S/c1-38-22-13-11-21(12-14-22)33-28(34)19-24(29(33)35)30-20-10-15-25(32-16-6-3-7-17-32)27(18-20)40(36,37)31-23-8-4-5-9-26(23)39-2/h4-5,8-15,18,24,30-31H,3,6-7,16-17,19H2,1-2H3/t24-/m0/s1. The highest BCUT2D eigenvalue weighted by Crippen LogP contribution is 2.35. The molecule has 2 aliphatic rings. The van der Waals surface area contributed by atoms with E-state index in [9.17, 15) is 18.0 Å². The number of benzene rings is 3. The molecular formula is C29H32N4O6S. The lowest BCUT2D eigenvalue weighted by Gasteiger charge is -2.31. The number of anilines is 4. The molecule has 3 aromatic rings. The van der Waals surface area contributed by atoms with Gasteiger partial charge in [0.1, 0.15) is 22.4 Å². The van der Waals surface area contributed by atoms with E-state index in [2.05, 4.69) is 14.9 Å². The van der Waals surface area contributed by atoms with Crippen LogP contribution in [0.25, 0.3) is 0 Å². The van der Waals surface area contributed by atoms with Crippen molar-refractivity contribution in [3.63, 3.8) is 0 Å². The maximum Gasteiger partial charge on any atom is 0.264 e. The number of carbonyl (C=O) groups excluding carboxylic acids is 2. The summed E-state index contributed by atoms with van der Waals surface area (Å²) in [5, 5.41) is 3.10. The minimum absolute atomic E-state index is 0.0553. The Balaban J connectivity index is 1.44. The molecule has 10 nitrogen and oxygen atoms in total. The molecule has 0 unspecified atom stereocenters. The third kappa shape index (κ3) is 5.55. The lowest BCUT2D eigenvalue weighted by molar-refractivity contribution is -0.121. The monoisotopic (exact) mass is 564 g/mol. The molecule has 5 rings (SSSR count). The predicted molar refractivity (Wildman–Crippen MR) is 154 cm³/mol. The van der Waals surface area contributed by atoms with Crippen molar-refractivity contribution < 1.29 is 27.5 Å². The highest BCUT2D eigenvalue weighted by molar-refractivity contribution is 7.93. The summed E-state index contributed by atoms with van der Waals surface area (Å²) in [6, 6.07) is 17.7. The molecule has 0 aliphatic carbocycles. The van der Waals surface area contributed by atoms with Crippen LogP contribution in [0.3, 0.4) is 0 Å². The molecule has 0 bridgehead atoms. The molecule has 0 saturated carbocycles. The molecule has 2 aliphatic heterocycles. The lowest BCUT2D eigenvalue weighted by atomic mass is 10.1. The summed E-state index contributed by atoms with van der Waals surface area (Å²) in [5.41, 5.74) is 1.77. The summed E-state index contributed by atoms with van der Waals surface area (Å²) in [7, 11) is -1.03. The Morgan fingerprint density at radius 1 is 0.875 bits per heavy atom. The van der Waals surface area contributed by atoms with Crippen molar-refractivity contribution in [3.05, 3.63) is 66.7 Å². The fraction of sp³-hybridized carbons (Fsp3) is 0.310. The summed E-state index contributed by atoms with van der Waals surface area (Å²) in [5.74, 6) is 0.255. The van der Waals surface area contributed by atoms with Gasteiger partial charge in [0.25, 0.3) is 15.9 Å². The van der Waals surface area contributed by atoms with Crippen molar-refractivity contribution in [2.24, 2.45) is 0 Å². The molecule has 40 heavy (non-hydrogen) atoms. The number of piperidine rings is 1. The third-order valence-electron chi connectivity index (χ3n) is 7.12. The molecule has 0 radical (unpaired) electrons. The Labute approximate surface area is 233 Å². The third-order valence-corrected chi connectivity index (χ3v) is 8.51.